The average Bonchev–Trinajstić information content (AvgIpc) is 2.48. The summed E-state index contributed by atoms with van der Waals surface area (Å²) in [5.41, 5.74) is 0.556. The van der Waals surface area contributed by atoms with E-state index >= 15 is 0 Å². The van der Waals surface area contributed by atoms with E-state index in [1.165, 1.54) is 49.4 Å². The number of carbonyl (C=O) groups is 1. The van der Waals surface area contributed by atoms with Gasteiger partial charge >= 0.3 is 0 Å². The van der Waals surface area contributed by atoms with Crippen LogP contribution in [0, 0.1) is 5.82 Å². The fourth-order valence-electron chi connectivity index (χ4n) is 2.21. The highest BCUT2D eigenvalue weighted by Gasteiger charge is 2.29. The first kappa shape index (κ1) is 18.2. The van der Waals surface area contributed by atoms with Crippen LogP contribution in [0.5, 0.6) is 0 Å². The average molecular weight is 371 g/mol. The summed E-state index contributed by atoms with van der Waals surface area (Å²) in [6, 6.07) is 10.4. The summed E-state index contributed by atoms with van der Waals surface area (Å²) < 4.78 is 38.4. The zero-order valence-electron chi connectivity index (χ0n) is 13.0. The van der Waals surface area contributed by atoms with Gasteiger partial charge in [-0.3, -0.25) is 9.10 Å². The van der Waals surface area contributed by atoms with Crippen molar-refractivity contribution in [3.63, 3.8) is 0 Å². The summed E-state index contributed by atoms with van der Waals surface area (Å²) >= 11 is 5.81. The van der Waals surface area contributed by atoms with Crippen molar-refractivity contribution in [3.8, 4) is 0 Å². The van der Waals surface area contributed by atoms with Gasteiger partial charge < -0.3 is 5.32 Å². The van der Waals surface area contributed by atoms with Gasteiger partial charge in [-0.25, -0.2) is 12.8 Å². The van der Waals surface area contributed by atoms with Gasteiger partial charge in [0.15, 0.2) is 0 Å². The van der Waals surface area contributed by atoms with Crippen LogP contribution in [0.25, 0.3) is 0 Å². The first-order valence-electron chi connectivity index (χ1n) is 7.00. The molecule has 0 unspecified atom stereocenters. The number of hydrogen-bond acceptors (Lipinski definition) is 3. The molecule has 0 radical (unpaired) electrons. The zero-order valence-corrected chi connectivity index (χ0v) is 14.6. The Morgan fingerprint density at radius 2 is 1.83 bits per heavy atom. The first-order chi connectivity index (χ1) is 11.2. The third-order valence-corrected chi connectivity index (χ3v) is 4.76. The van der Waals surface area contributed by atoms with Crippen LogP contribution < -0.4 is 9.62 Å². The number of benzene rings is 2. The van der Waals surface area contributed by atoms with Gasteiger partial charge in [0.2, 0.25) is 15.9 Å². The molecule has 1 N–H and O–H groups in total. The van der Waals surface area contributed by atoms with E-state index in [0.29, 0.717) is 10.7 Å². The number of amides is 1. The first-order valence-corrected chi connectivity index (χ1v) is 9.22. The second-order valence-electron chi connectivity index (χ2n) is 5.21. The molecule has 0 heterocycles. The molecular weight excluding hydrogens is 355 g/mol. The molecule has 24 heavy (non-hydrogen) atoms. The predicted octanol–water partition coefficient (Wildman–Crippen LogP) is 3.27. The minimum absolute atomic E-state index is 0.247. The number of nitrogens with zero attached hydrogens (tertiary/aromatic N) is 1. The quantitative estimate of drug-likeness (QED) is 0.878. The Bertz CT molecular complexity index is 841. The molecule has 2 aromatic rings. The molecule has 5 nitrogen and oxygen atoms in total. The van der Waals surface area contributed by atoms with Crippen LogP contribution in [0.15, 0.2) is 48.5 Å². The van der Waals surface area contributed by atoms with Gasteiger partial charge in [0.25, 0.3) is 0 Å². The molecule has 0 fully saturated rings. The standard InChI is InChI=1S/C16H16ClFN2O3S/c1-11(16(21)19-14-5-3-4-13(18)10-14)20(24(2,22)23)15-8-6-12(17)7-9-15/h3-11H,1-2H3,(H,19,21)/t11-/m1/s1. The van der Waals surface area contributed by atoms with E-state index in [2.05, 4.69) is 5.32 Å². The SMILES string of the molecule is C[C@H](C(=O)Nc1cccc(F)c1)N(c1ccc(Cl)cc1)S(C)(=O)=O. The van der Waals surface area contributed by atoms with Crippen molar-refractivity contribution < 1.29 is 17.6 Å². The summed E-state index contributed by atoms with van der Waals surface area (Å²) in [6.07, 6.45) is 1.01. The lowest BCUT2D eigenvalue weighted by atomic mass is 10.2. The monoisotopic (exact) mass is 370 g/mol. The smallest absolute Gasteiger partial charge is 0.247 e. The van der Waals surface area contributed by atoms with Gasteiger partial charge in [0, 0.05) is 10.7 Å². The van der Waals surface area contributed by atoms with Crippen LogP contribution in [-0.2, 0) is 14.8 Å². The Morgan fingerprint density at radius 3 is 2.38 bits per heavy atom. The highest BCUT2D eigenvalue weighted by molar-refractivity contribution is 7.92. The molecule has 8 heteroatoms. The molecule has 0 bridgehead atoms. The fraction of sp³-hybridized carbons (Fsp3) is 0.188. The Hall–Kier alpha value is -2.12. The summed E-state index contributed by atoms with van der Waals surface area (Å²) in [6.45, 7) is 1.45. The zero-order chi connectivity index (χ0) is 17.9. The number of carbonyl (C=O) groups excluding carboxylic acids is 1. The summed E-state index contributed by atoms with van der Waals surface area (Å²) in [5.74, 6) is -1.08. The van der Waals surface area contributed by atoms with Crippen LogP contribution in [0.2, 0.25) is 5.02 Å². The molecular formula is C16H16ClFN2O3S. The molecule has 0 aliphatic rings. The highest BCUT2D eigenvalue weighted by Crippen LogP contribution is 2.23. The molecule has 0 spiro atoms. The predicted molar refractivity (Wildman–Crippen MR) is 93.3 cm³/mol. The molecule has 0 saturated carbocycles. The third kappa shape index (κ3) is 4.46. The normalized spacial score (nSPS) is 12.5. The number of anilines is 2. The lowest BCUT2D eigenvalue weighted by molar-refractivity contribution is -0.116. The molecule has 0 saturated heterocycles. The lowest BCUT2D eigenvalue weighted by Crippen LogP contribution is -2.45. The van der Waals surface area contributed by atoms with Crippen molar-refractivity contribution in [1.29, 1.82) is 0 Å². The summed E-state index contributed by atoms with van der Waals surface area (Å²) in [7, 11) is -3.72. The van der Waals surface area contributed by atoms with Crippen molar-refractivity contribution in [2.45, 2.75) is 13.0 Å². The molecule has 1 atom stereocenters. The van der Waals surface area contributed by atoms with Crippen molar-refractivity contribution >= 4 is 38.9 Å². The van der Waals surface area contributed by atoms with Crippen LogP contribution >= 0.6 is 11.6 Å². The molecule has 2 rings (SSSR count). The molecule has 0 aliphatic heterocycles. The van der Waals surface area contributed by atoms with Gasteiger partial charge in [0.1, 0.15) is 11.9 Å². The molecule has 0 aromatic heterocycles. The number of rotatable bonds is 5. The van der Waals surface area contributed by atoms with Crippen molar-refractivity contribution in [3.05, 3.63) is 59.4 Å². The minimum Gasteiger partial charge on any atom is -0.324 e. The molecule has 128 valence electrons. The Balaban J connectivity index is 2.29. The van der Waals surface area contributed by atoms with E-state index in [9.17, 15) is 17.6 Å². The van der Waals surface area contributed by atoms with Gasteiger partial charge in [-0.1, -0.05) is 17.7 Å². The van der Waals surface area contributed by atoms with Crippen LogP contribution in [0.1, 0.15) is 6.92 Å². The number of sulfonamides is 1. The van der Waals surface area contributed by atoms with Crippen molar-refractivity contribution in [2.75, 3.05) is 15.9 Å². The largest absolute Gasteiger partial charge is 0.324 e. The second kappa shape index (κ2) is 7.19. The van der Waals surface area contributed by atoms with Gasteiger partial charge in [-0.05, 0) is 49.4 Å². The number of hydrogen-bond donors (Lipinski definition) is 1. The van der Waals surface area contributed by atoms with E-state index < -0.39 is 27.8 Å². The van der Waals surface area contributed by atoms with E-state index in [-0.39, 0.29) is 5.69 Å². The van der Waals surface area contributed by atoms with E-state index in [1.807, 2.05) is 0 Å². The maximum atomic E-state index is 13.2. The van der Waals surface area contributed by atoms with Gasteiger partial charge in [-0.15, -0.1) is 0 Å². The number of nitrogens with one attached hydrogen (secondary N) is 1. The topological polar surface area (TPSA) is 66.5 Å². The van der Waals surface area contributed by atoms with Crippen LogP contribution in [0.4, 0.5) is 15.8 Å². The van der Waals surface area contributed by atoms with Gasteiger partial charge in [0.05, 0.1) is 11.9 Å². The van der Waals surface area contributed by atoms with Crippen LogP contribution in [0.3, 0.4) is 0 Å². The Kier molecular flexibility index (Phi) is 5.46. The molecule has 0 aliphatic carbocycles. The molecule has 2 aromatic carbocycles. The summed E-state index contributed by atoms with van der Waals surface area (Å²) in [5, 5.41) is 2.95. The van der Waals surface area contributed by atoms with E-state index in [0.717, 1.165) is 16.6 Å². The third-order valence-electron chi connectivity index (χ3n) is 3.26. The van der Waals surface area contributed by atoms with E-state index in [1.54, 1.807) is 0 Å². The summed E-state index contributed by atoms with van der Waals surface area (Å²) in [4.78, 5) is 12.4. The maximum absolute atomic E-state index is 13.2. The van der Waals surface area contributed by atoms with Gasteiger partial charge in [-0.2, -0.15) is 0 Å². The second-order valence-corrected chi connectivity index (χ2v) is 7.51. The molecule has 1 amide bonds. The highest BCUT2D eigenvalue weighted by atomic mass is 35.5. The Morgan fingerprint density at radius 1 is 1.21 bits per heavy atom. The lowest BCUT2D eigenvalue weighted by Gasteiger charge is -2.28. The fourth-order valence-corrected chi connectivity index (χ4v) is 3.51. The number of halogens is 2. The minimum atomic E-state index is -3.72. The maximum Gasteiger partial charge on any atom is 0.247 e. The van der Waals surface area contributed by atoms with Crippen LogP contribution in [-0.4, -0.2) is 26.6 Å². The van der Waals surface area contributed by atoms with Crippen molar-refractivity contribution in [1.82, 2.24) is 0 Å². The Labute approximate surface area is 145 Å². The van der Waals surface area contributed by atoms with Crippen molar-refractivity contribution in [2.24, 2.45) is 0 Å². The van der Waals surface area contributed by atoms with E-state index in [4.69, 9.17) is 11.6 Å².